The predicted molar refractivity (Wildman–Crippen MR) is 112 cm³/mol. The van der Waals surface area contributed by atoms with E-state index < -0.39 is 6.10 Å². The smallest absolute Gasteiger partial charge is 0.169 e. The van der Waals surface area contributed by atoms with Crippen LogP contribution in [0.5, 0.6) is 0 Å². The molecule has 1 aliphatic heterocycles. The molecular weight excluding hydrogens is 348 g/mol. The summed E-state index contributed by atoms with van der Waals surface area (Å²) in [6.45, 7) is 4.67. The molecule has 1 heterocycles. The Morgan fingerprint density at radius 2 is 1.93 bits per heavy atom. The van der Waals surface area contributed by atoms with Gasteiger partial charge in [-0.15, -0.1) is 0 Å². The van der Waals surface area contributed by atoms with E-state index in [0.717, 1.165) is 36.0 Å². The van der Waals surface area contributed by atoms with Gasteiger partial charge in [0.2, 0.25) is 0 Å². The summed E-state index contributed by atoms with van der Waals surface area (Å²) in [4.78, 5) is 13.4. The molecule has 152 valence electrons. The van der Waals surface area contributed by atoms with Gasteiger partial charge in [-0.25, -0.2) is 0 Å². The minimum Gasteiger partial charge on any atom is -0.389 e. The quantitative estimate of drug-likeness (QED) is 0.761. The van der Waals surface area contributed by atoms with Gasteiger partial charge in [-0.2, -0.15) is 0 Å². The van der Waals surface area contributed by atoms with Crippen molar-refractivity contribution in [3.05, 3.63) is 40.5 Å². The number of ketones is 1. The Kier molecular flexibility index (Phi) is 6.03. The van der Waals surface area contributed by atoms with Gasteiger partial charge < -0.3 is 9.84 Å². The lowest BCUT2D eigenvalue weighted by atomic mass is 9.79. The average Bonchev–Trinajstić information content (AvgIpc) is 3.20. The third kappa shape index (κ3) is 3.97. The van der Waals surface area contributed by atoms with Gasteiger partial charge in [-0.3, -0.25) is 4.79 Å². The number of carbonyl (C=O) groups is 1. The van der Waals surface area contributed by atoms with Gasteiger partial charge >= 0.3 is 0 Å². The molecular formula is C25H34O3. The fourth-order valence-corrected chi connectivity index (χ4v) is 5.48. The molecule has 0 spiro atoms. The lowest BCUT2D eigenvalue weighted by Crippen LogP contribution is -2.28. The Bertz CT molecular complexity index is 736. The molecule has 3 nitrogen and oxygen atoms in total. The van der Waals surface area contributed by atoms with Crippen LogP contribution < -0.4 is 0 Å². The molecule has 2 fully saturated rings. The van der Waals surface area contributed by atoms with Crippen LogP contribution >= 0.6 is 0 Å². The summed E-state index contributed by atoms with van der Waals surface area (Å²) in [6.07, 6.45) is 10.5. The molecule has 4 atom stereocenters. The van der Waals surface area contributed by atoms with Crippen molar-refractivity contribution in [3.63, 3.8) is 0 Å². The van der Waals surface area contributed by atoms with E-state index in [-0.39, 0.29) is 23.7 Å². The minimum atomic E-state index is -0.488. The maximum absolute atomic E-state index is 13.4. The number of aliphatic hydroxyl groups excluding tert-OH is 1. The summed E-state index contributed by atoms with van der Waals surface area (Å²) < 4.78 is 5.76. The number of fused-ring (bicyclic) bond motifs is 1. The third-order valence-electron chi connectivity index (χ3n) is 7.12. The number of hydrogen-bond donors (Lipinski definition) is 1. The maximum atomic E-state index is 13.4. The number of ether oxygens (including phenoxy) is 1. The minimum absolute atomic E-state index is 0.135. The van der Waals surface area contributed by atoms with Gasteiger partial charge in [-0.1, -0.05) is 50.5 Å². The van der Waals surface area contributed by atoms with E-state index in [1.54, 1.807) is 0 Å². The van der Waals surface area contributed by atoms with Crippen LogP contribution in [-0.2, 0) is 9.53 Å². The highest BCUT2D eigenvalue weighted by molar-refractivity contribution is 5.91. The molecule has 0 bridgehead atoms. The monoisotopic (exact) mass is 382 g/mol. The standard InChI is InChI=1S/C25H34O3/c1-16-13-23(25(27)24-9-6-12-28-24)22-14-19(18-7-4-3-5-8-18)10-11-20(22)15-21(16)17(2)26/h10-11,14-18,23-24,26H,3-9,12-13H2,1-2H3/t16-,17?,23+,24?/m0/s1. The first-order valence-electron chi connectivity index (χ1n) is 11.2. The van der Waals surface area contributed by atoms with Crippen LogP contribution in [0.15, 0.2) is 23.8 Å². The summed E-state index contributed by atoms with van der Waals surface area (Å²) in [6, 6.07) is 6.76. The molecule has 1 N–H and O–H groups in total. The molecule has 2 aliphatic carbocycles. The van der Waals surface area contributed by atoms with Crippen LogP contribution in [0.25, 0.3) is 6.08 Å². The van der Waals surface area contributed by atoms with Gasteiger partial charge in [0.25, 0.3) is 0 Å². The summed E-state index contributed by atoms with van der Waals surface area (Å²) in [5.74, 6) is 0.912. The lowest BCUT2D eigenvalue weighted by Gasteiger charge is -2.26. The van der Waals surface area contributed by atoms with Gasteiger partial charge in [0.05, 0.1) is 6.10 Å². The largest absolute Gasteiger partial charge is 0.389 e. The van der Waals surface area contributed by atoms with Crippen molar-refractivity contribution in [2.24, 2.45) is 5.92 Å². The Morgan fingerprint density at radius 1 is 1.14 bits per heavy atom. The first kappa shape index (κ1) is 19.8. The second kappa shape index (κ2) is 8.51. The summed E-state index contributed by atoms with van der Waals surface area (Å²) in [5.41, 5.74) is 4.70. The molecule has 3 aliphatic rings. The molecule has 0 amide bonds. The van der Waals surface area contributed by atoms with Gasteiger partial charge in [0.15, 0.2) is 5.78 Å². The fourth-order valence-electron chi connectivity index (χ4n) is 5.48. The van der Waals surface area contributed by atoms with Gasteiger partial charge in [-0.05, 0) is 73.1 Å². The molecule has 1 aromatic rings. The molecule has 3 heteroatoms. The highest BCUT2D eigenvalue weighted by Gasteiger charge is 2.36. The molecule has 0 aromatic heterocycles. The molecule has 28 heavy (non-hydrogen) atoms. The zero-order valence-corrected chi connectivity index (χ0v) is 17.3. The predicted octanol–water partition coefficient (Wildman–Crippen LogP) is 5.37. The van der Waals surface area contributed by atoms with E-state index >= 15 is 0 Å². The highest BCUT2D eigenvalue weighted by Crippen LogP contribution is 2.41. The SMILES string of the molecule is CC(O)C1=Cc2ccc(C3CCCCC3)cc2[C@H](C(=O)C2CCCO2)C[C@@H]1C. The normalized spacial score (nSPS) is 29.7. The van der Waals surface area contributed by atoms with E-state index in [0.29, 0.717) is 12.5 Å². The van der Waals surface area contributed by atoms with Crippen LogP contribution in [0.1, 0.15) is 93.7 Å². The zero-order valence-electron chi connectivity index (χ0n) is 17.3. The Labute approximate surface area is 169 Å². The van der Waals surface area contributed by atoms with Crippen LogP contribution in [0.3, 0.4) is 0 Å². The van der Waals surface area contributed by atoms with Crippen LogP contribution in [-0.4, -0.2) is 29.7 Å². The van der Waals surface area contributed by atoms with Crippen LogP contribution in [0, 0.1) is 5.92 Å². The molecule has 1 saturated heterocycles. The van der Waals surface area contributed by atoms with Gasteiger partial charge in [0.1, 0.15) is 6.10 Å². The van der Waals surface area contributed by atoms with E-state index in [1.165, 1.54) is 37.7 Å². The first-order valence-corrected chi connectivity index (χ1v) is 11.2. The Morgan fingerprint density at radius 3 is 2.61 bits per heavy atom. The van der Waals surface area contributed by atoms with Crippen molar-refractivity contribution in [1.29, 1.82) is 0 Å². The van der Waals surface area contributed by atoms with Gasteiger partial charge in [0, 0.05) is 12.5 Å². The summed E-state index contributed by atoms with van der Waals surface area (Å²) in [5, 5.41) is 10.3. The maximum Gasteiger partial charge on any atom is 0.169 e. The molecule has 1 saturated carbocycles. The lowest BCUT2D eigenvalue weighted by molar-refractivity contribution is -0.129. The Balaban J connectivity index is 1.73. The zero-order chi connectivity index (χ0) is 19.7. The second-order valence-corrected chi connectivity index (χ2v) is 9.14. The first-order chi connectivity index (χ1) is 13.5. The number of rotatable bonds is 4. The number of benzene rings is 1. The highest BCUT2D eigenvalue weighted by atomic mass is 16.5. The Hall–Kier alpha value is -1.45. The van der Waals surface area contributed by atoms with E-state index in [9.17, 15) is 9.90 Å². The van der Waals surface area contributed by atoms with Crippen molar-refractivity contribution in [2.45, 2.75) is 89.3 Å². The summed E-state index contributed by atoms with van der Waals surface area (Å²) >= 11 is 0. The van der Waals surface area contributed by atoms with Crippen LogP contribution in [0.4, 0.5) is 0 Å². The number of hydrogen-bond acceptors (Lipinski definition) is 3. The van der Waals surface area contributed by atoms with Crippen molar-refractivity contribution in [2.75, 3.05) is 6.61 Å². The second-order valence-electron chi connectivity index (χ2n) is 9.14. The van der Waals surface area contributed by atoms with Crippen molar-refractivity contribution in [1.82, 2.24) is 0 Å². The molecule has 1 aromatic carbocycles. The number of carbonyl (C=O) groups excluding carboxylic acids is 1. The van der Waals surface area contributed by atoms with E-state index in [4.69, 9.17) is 4.74 Å². The third-order valence-corrected chi connectivity index (χ3v) is 7.12. The van der Waals surface area contributed by atoms with Crippen molar-refractivity contribution < 1.29 is 14.6 Å². The molecule has 2 unspecified atom stereocenters. The van der Waals surface area contributed by atoms with Crippen molar-refractivity contribution in [3.8, 4) is 0 Å². The van der Waals surface area contributed by atoms with E-state index in [1.807, 2.05) is 6.92 Å². The molecule has 4 rings (SSSR count). The van der Waals surface area contributed by atoms with Crippen molar-refractivity contribution >= 4 is 11.9 Å². The topological polar surface area (TPSA) is 46.5 Å². The fraction of sp³-hybridized carbons (Fsp3) is 0.640. The average molecular weight is 383 g/mol. The van der Waals surface area contributed by atoms with Crippen LogP contribution in [0.2, 0.25) is 0 Å². The summed E-state index contributed by atoms with van der Waals surface area (Å²) in [7, 11) is 0. The molecule has 0 radical (unpaired) electrons. The van der Waals surface area contributed by atoms with E-state index in [2.05, 4.69) is 31.2 Å². The number of Topliss-reactive ketones (excluding diaryl/α,β-unsaturated/α-hetero) is 1. The number of aliphatic hydroxyl groups is 1.